The number of ether oxygens (including phenoxy) is 2. The summed E-state index contributed by atoms with van der Waals surface area (Å²) in [4.78, 5) is 68.7. The Morgan fingerprint density at radius 3 is 2.51 bits per heavy atom. The molecule has 2 aliphatic carbocycles. The number of hydrogen-bond acceptors (Lipinski definition) is 9. The number of para-hydroxylation sites is 1. The van der Waals surface area contributed by atoms with E-state index < -0.39 is 17.8 Å². The van der Waals surface area contributed by atoms with Gasteiger partial charge in [-0.1, -0.05) is 29.5 Å². The van der Waals surface area contributed by atoms with Gasteiger partial charge < -0.3 is 24.9 Å². The zero-order chi connectivity index (χ0) is 31.4. The average Bonchev–Trinajstić information content (AvgIpc) is 3.76. The van der Waals surface area contributed by atoms with Crippen LogP contribution in [0.1, 0.15) is 35.6 Å². The molecular formula is C32H31N3O8S2. The molecule has 1 saturated heterocycles. The molecule has 2 aliphatic heterocycles. The van der Waals surface area contributed by atoms with Crippen molar-refractivity contribution >= 4 is 52.5 Å². The van der Waals surface area contributed by atoms with Gasteiger partial charge in [0, 0.05) is 40.3 Å². The van der Waals surface area contributed by atoms with Crippen LogP contribution in [0.5, 0.6) is 11.5 Å². The van der Waals surface area contributed by atoms with Crippen molar-refractivity contribution in [2.75, 3.05) is 25.6 Å². The number of amides is 3. The molecule has 13 heteroatoms. The Bertz CT molecular complexity index is 1740. The van der Waals surface area contributed by atoms with Gasteiger partial charge in [0.15, 0.2) is 6.61 Å². The van der Waals surface area contributed by atoms with Crippen molar-refractivity contribution in [2.24, 2.45) is 29.6 Å². The Kier molecular flexibility index (Phi) is 7.68. The fourth-order valence-electron chi connectivity index (χ4n) is 7.92. The molecule has 6 unspecified atom stereocenters. The first kappa shape index (κ1) is 29.6. The highest BCUT2D eigenvalue weighted by Crippen LogP contribution is 2.69. The topological polar surface area (TPSA) is 155 Å². The highest BCUT2D eigenvalue weighted by Gasteiger charge is 2.69. The van der Waals surface area contributed by atoms with E-state index >= 15 is 0 Å². The maximum absolute atomic E-state index is 13.7. The van der Waals surface area contributed by atoms with Crippen molar-refractivity contribution in [1.82, 2.24) is 9.88 Å². The number of carboxylic acid groups (broad SMARTS) is 1. The third-order valence-corrected chi connectivity index (χ3v) is 12.2. The van der Waals surface area contributed by atoms with Gasteiger partial charge in [0.05, 0.1) is 24.0 Å². The van der Waals surface area contributed by atoms with Crippen molar-refractivity contribution in [1.29, 1.82) is 0 Å². The number of carbonyl (C=O) groups is 4. The van der Waals surface area contributed by atoms with E-state index in [2.05, 4.69) is 10.3 Å². The van der Waals surface area contributed by atoms with Crippen LogP contribution in [0.25, 0.3) is 0 Å². The van der Waals surface area contributed by atoms with Gasteiger partial charge in [-0.25, -0.2) is 0 Å². The van der Waals surface area contributed by atoms with Gasteiger partial charge in [-0.05, 0) is 60.9 Å². The zero-order valence-corrected chi connectivity index (χ0v) is 25.9. The minimum Gasteiger partial charge on any atom is -0.497 e. The van der Waals surface area contributed by atoms with Crippen LogP contribution in [0, 0.1) is 29.6 Å². The Morgan fingerprint density at radius 2 is 1.78 bits per heavy atom. The molecule has 2 aromatic carbocycles. The molecule has 3 aromatic rings. The number of carboxylic acids is 1. The normalized spacial score (nSPS) is 27.6. The number of imide groups is 1. The summed E-state index contributed by atoms with van der Waals surface area (Å²) < 4.78 is 11.3. The third-order valence-electron chi connectivity index (χ3n) is 9.57. The molecule has 234 valence electrons. The lowest BCUT2D eigenvalue weighted by Gasteiger charge is -2.43. The number of nitrogens with zero attached hydrogens (tertiary/aromatic N) is 1. The molecule has 1 aromatic heterocycles. The number of anilines is 1. The fraction of sp³-hybridized carbons (Fsp3) is 0.406. The number of thioether (sulfide) groups is 1. The van der Waals surface area contributed by atoms with Crippen molar-refractivity contribution < 1.29 is 33.8 Å². The van der Waals surface area contributed by atoms with E-state index in [0.29, 0.717) is 17.2 Å². The monoisotopic (exact) mass is 649 g/mol. The third kappa shape index (κ3) is 5.11. The number of aliphatic carboxylic acids is 1. The number of likely N-dealkylation sites (tertiary alicyclic amines) is 1. The summed E-state index contributed by atoms with van der Waals surface area (Å²) >= 11 is 2.75. The van der Waals surface area contributed by atoms with E-state index in [4.69, 9.17) is 14.6 Å². The van der Waals surface area contributed by atoms with Crippen LogP contribution in [-0.4, -0.2) is 64.2 Å². The summed E-state index contributed by atoms with van der Waals surface area (Å²) in [5.74, 6) is -1.82. The van der Waals surface area contributed by atoms with Crippen LogP contribution in [0.15, 0.2) is 58.4 Å². The van der Waals surface area contributed by atoms with Gasteiger partial charge in [0.1, 0.15) is 11.5 Å². The molecule has 3 heterocycles. The molecule has 3 N–H and O–H groups in total. The van der Waals surface area contributed by atoms with E-state index in [-0.39, 0.29) is 77.5 Å². The van der Waals surface area contributed by atoms with Crippen LogP contribution in [-0.2, 0) is 19.2 Å². The molecule has 7 rings (SSSR count). The predicted octanol–water partition coefficient (Wildman–Crippen LogP) is 3.80. The van der Waals surface area contributed by atoms with Crippen LogP contribution >= 0.6 is 23.1 Å². The SMILES string of the molecule is COc1ccc(NC(=O)COc2ccccc2[C@H]2c3sc(=O)[nH]c3SC3C4CC(C5C(=O)N(CCCC(=O)O)C(=O)C45)C32)cc1. The maximum Gasteiger partial charge on any atom is 0.305 e. The first-order chi connectivity index (χ1) is 21.7. The molecule has 4 aliphatic rings. The summed E-state index contributed by atoms with van der Waals surface area (Å²) in [5, 5.41) is 12.7. The quantitative estimate of drug-likeness (QED) is 0.278. The average molecular weight is 650 g/mol. The summed E-state index contributed by atoms with van der Waals surface area (Å²) in [6.45, 7) is -0.123. The van der Waals surface area contributed by atoms with E-state index in [1.165, 1.54) is 4.90 Å². The number of aromatic nitrogens is 1. The van der Waals surface area contributed by atoms with Crippen LogP contribution in [0.3, 0.4) is 0 Å². The van der Waals surface area contributed by atoms with Crippen molar-refractivity contribution in [2.45, 2.75) is 35.5 Å². The van der Waals surface area contributed by atoms with Crippen molar-refractivity contribution in [3.63, 3.8) is 0 Å². The molecule has 45 heavy (non-hydrogen) atoms. The van der Waals surface area contributed by atoms with E-state index in [0.717, 1.165) is 33.2 Å². The Balaban J connectivity index is 1.16. The van der Waals surface area contributed by atoms with Gasteiger partial charge in [-0.3, -0.25) is 28.9 Å². The Morgan fingerprint density at radius 1 is 1.04 bits per heavy atom. The fourth-order valence-corrected chi connectivity index (χ4v) is 10.8. The molecular weight excluding hydrogens is 618 g/mol. The minimum absolute atomic E-state index is 0.00106. The minimum atomic E-state index is -0.959. The number of benzene rings is 2. The van der Waals surface area contributed by atoms with Crippen molar-refractivity contribution in [3.05, 3.63) is 68.6 Å². The molecule has 11 nitrogen and oxygen atoms in total. The number of aromatic amines is 1. The lowest BCUT2D eigenvalue weighted by atomic mass is 9.68. The largest absolute Gasteiger partial charge is 0.497 e. The highest BCUT2D eigenvalue weighted by molar-refractivity contribution is 8.00. The molecule has 2 saturated carbocycles. The number of rotatable bonds is 10. The predicted molar refractivity (Wildman–Crippen MR) is 166 cm³/mol. The Hall–Kier alpha value is -4.10. The van der Waals surface area contributed by atoms with Gasteiger partial charge in [-0.2, -0.15) is 0 Å². The van der Waals surface area contributed by atoms with Gasteiger partial charge in [-0.15, -0.1) is 11.8 Å². The number of hydrogen-bond donors (Lipinski definition) is 3. The van der Waals surface area contributed by atoms with Crippen molar-refractivity contribution in [3.8, 4) is 11.5 Å². The van der Waals surface area contributed by atoms with E-state index in [9.17, 15) is 24.0 Å². The molecule has 0 radical (unpaired) electrons. The number of thiazole rings is 1. The van der Waals surface area contributed by atoms with E-state index in [1.54, 1.807) is 43.1 Å². The standard InChI is InChI=1S/C32H31N3O8S2/c1-42-16-10-8-15(9-11-16)33-21(36)14-43-20-6-3-2-5-17(20)23-24-18-13-19(27(24)44-29-28(23)45-32(41)34-29)26-25(18)30(39)35(31(26)40)12-4-7-22(37)38/h2-3,5-6,8-11,18-19,23-27H,4,7,12-14H2,1H3,(H,33,36)(H,34,41)(H,37,38)/t18?,19?,23-,24?,25?,26?,27?/m1/s1. The second-order valence-corrected chi connectivity index (χ2v) is 14.1. The summed E-state index contributed by atoms with van der Waals surface area (Å²) in [7, 11) is 1.57. The number of carbonyl (C=O) groups excluding carboxylic acids is 3. The van der Waals surface area contributed by atoms with Crippen LogP contribution in [0.2, 0.25) is 0 Å². The maximum atomic E-state index is 13.7. The summed E-state index contributed by atoms with van der Waals surface area (Å²) in [5.41, 5.74) is 1.44. The van der Waals surface area contributed by atoms with Crippen LogP contribution in [0.4, 0.5) is 5.69 Å². The smallest absolute Gasteiger partial charge is 0.305 e. The second kappa shape index (κ2) is 11.7. The first-order valence-electron chi connectivity index (χ1n) is 14.9. The molecule has 2 bridgehead atoms. The summed E-state index contributed by atoms with van der Waals surface area (Å²) in [6, 6.07) is 14.5. The first-order valence-corrected chi connectivity index (χ1v) is 16.6. The molecule has 7 atom stereocenters. The summed E-state index contributed by atoms with van der Waals surface area (Å²) in [6.07, 6.45) is 0.854. The highest BCUT2D eigenvalue weighted by atomic mass is 32.2. The van der Waals surface area contributed by atoms with Crippen LogP contribution < -0.4 is 19.7 Å². The lowest BCUT2D eigenvalue weighted by Crippen LogP contribution is -2.42. The van der Waals surface area contributed by atoms with E-state index in [1.807, 2.05) is 24.3 Å². The molecule has 3 amide bonds. The lowest BCUT2D eigenvalue weighted by molar-refractivity contribution is -0.142. The molecule has 3 fully saturated rings. The van der Waals surface area contributed by atoms with Gasteiger partial charge in [0.25, 0.3) is 5.91 Å². The molecule has 0 spiro atoms. The Labute approximate surface area is 266 Å². The number of nitrogens with one attached hydrogen (secondary N) is 2. The van der Waals surface area contributed by atoms with Gasteiger partial charge >= 0.3 is 10.8 Å². The van der Waals surface area contributed by atoms with Gasteiger partial charge in [0.2, 0.25) is 11.8 Å². The number of fused-ring (bicyclic) bond motifs is 9. The number of H-pyrrole nitrogens is 1. The second-order valence-electron chi connectivity index (χ2n) is 11.9. The number of methoxy groups -OCH3 is 1. The zero-order valence-electron chi connectivity index (χ0n) is 24.3.